The van der Waals surface area contributed by atoms with Crippen molar-refractivity contribution in [1.82, 2.24) is 5.32 Å². The van der Waals surface area contributed by atoms with Gasteiger partial charge in [-0.25, -0.2) is 0 Å². The second-order valence-electron chi connectivity index (χ2n) is 22.2. The predicted octanol–water partition coefficient (Wildman–Crippen LogP) is 10.5. The molecule has 9 N–H and O–H groups in total. The maximum absolute atomic E-state index is 13.3. The van der Waals surface area contributed by atoms with E-state index in [-0.39, 0.29) is 12.5 Å². The van der Waals surface area contributed by atoms with Crippen LogP contribution in [-0.4, -0.2) is 140 Å². The molecule has 0 saturated carbocycles. The Morgan fingerprint density at radius 2 is 0.781 bits per heavy atom. The molecule has 73 heavy (non-hydrogen) atoms. The molecule has 2 fully saturated rings. The third-order valence-electron chi connectivity index (χ3n) is 15.6. The van der Waals surface area contributed by atoms with Gasteiger partial charge in [-0.1, -0.05) is 258 Å². The van der Waals surface area contributed by atoms with Gasteiger partial charge in [0, 0.05) is 6.42 Å². The Morgan fingerprint density at radius 1 is 0.438 bits per heavy atom. The Bertz CT molecular complexity index is 1230. The van der Waals surface area contributed by atoms with Crippen molar-refractivity contribution in [3.63, 3.8) is 0 Å². The molecule has 2 aliphatic heterocycles. The average Bonchev–Trinajstić information content (AvgIpc) is 3.39. The fourth-order valence-electron chi connectivity index (χ4n) is 10.6. The summed E-state index contributed by atoms with van der Waals surface area (Å²) in [7, 11) is 0. The molecule has 2 heterocycles. The zero-order valence-electron chi connectivity index (χ0n) is 46.7. The summed E-state index contributed by atoms with van der Waals surface area (Å²) in [5.41, 5.74) is 0. The molecule has 14 nitrogen and oxygen atoms in total. The van der Waals surface area contributed by atoms with Crippen LogP contribution in [0.2, 0.25) is 0 Å². The van der Waals surface area contributed by atoms with Gasteiger partial charge in [-0.3, -0.25) is 4.79 Å². The molecule has 0 spiro atoms. The first kappa shape index (κ1) is 68.1. The molecule has 0 aromatic heterocycles. The lowest BCUT2D eigenvalue weighted by Gasteiger charge is -2.46. The van der Waals surface area contributed by atoms with Crippen molar-refractivity contribution in [3.8, 4) is 0 Å². The van der Waals surface area contributed by atoms with E-state index >= 15 is 0 Å². The second-order valence-corrected chi connectivity index (χ2v) is 22.2. The van der Waals surface area contributed by atoms with Crippen LogP contribution < -0.4 is 5.32 Å². The highest BCUT2D eigenvalue weighted by Crippen LogP contribution is 2.30. The molecule has 12 atom stereocenters. The van der Waals surface area contributed by atoms with Crippen LogP contribution in [0, 0.1) is 0 Å². The van der Waals surface area contributed by atoms with E-state index in [1.807, 2.05) is 0 Å². The van der Waals surface area contributed by atoms with Crippen LogP contribution in [0.3, 0.4) is 0 Å². The SMILES string of the molecule is CCCCCCCCCCCCCCCCCCCCCCCCCCCCC(=O)NC(COC1OC(CO)C(OC2OC(CO)C(O)C(O)C2O)C(O)C1O)C(O)CCCCCCCCCCCCCCC. The monoisotopic (exact) mass is 1050 g/mol. The Balaban J connectivity index is 1.68. The Morgan fingerprint density at radius 3 is 1.16 bits per heavy atom. The summed E-state index contributed by atoms with van der Waals surface area (Å²) in [5.74, 6) is -0.200. The molecule has 2 saturated heterocycles. The van der Waals surface area contributed by atoms with Gasteiger partial charge in [0.2, 0.25) is 5.91 Å². The summed E-state index contributed by atoms with van der Waals surface area (Å²) in [6.45, 7) is 2.89. The normalized spacial score (nSPS) is 25.3. The van der Waals surface area contributed by atoms with Gasteiger partial charge in [-0.05, 0) is 12.8 Å². The molecular formula is C59H115NO13. The number of rotatable bonds is 50. The Hall–Kier alpha value is -1.01. The van der Waals surface area contributed by atoms with E-state index in [4.69, 9.17) is 18.9 Å². The van der Waals surface area contributed by atoms with Gasteiger partial charge in [0.15, 0.2) is 12.6 Å². The lowest BCUT2D eigenvalue weighted by atomic mass is 9.97. The van der Waals surface area contributed by atoms with E-state index in [1.165, 1.54) is 199 Å². The highest BCUT2D eigenvalue weighted by Gasteiger charge is 2.51. The average molecular weight is 1050 g/mol. The molecule has 1 amide bonds. The fraction of sp³-hybridized carbons (Fsp3) is 0.983. The van der Waals surface area contributed by atoms with Crippen LogP contribution in [0.15, 0.2) is 0 Å². The number of ether oxygens (including phenoxy) is 4. The van der Waals surface area contributed by atoms with Gasteiger partial charge in [-0.15, -0.1) is 0 Å². The lowest BCUT2D eigenvalue weighted by molar-refractivity contribution is -0.359. The lowest BCUT2D eigenvalue weighted by Crippen LogP contribution is -2.65. The van der Waals surface area contributed by atoms with Crippen LogP contribution in [0.25, 0.3) is 0 Å². The molecule has 0 bridgehead atoms. The van der Waals surface area contributed by atoms with Crippen LogP contribution in [-0.2, 0) is 23.7 Å². The van der Waals surface area contributed by atoms with Gasteiger partial charge in [0.25, 0.3) is 0 Å². The molecule has 0 radical (unpaired) electrons. The number of aliphatic hydroxyl groups is 8. The molecule has 2 aliphatic rings. The van der Waals surface area contributed by atoms with Gasteiger partial charge in [-0.2, -0.15) is 0 Å². The van der Waals surface area contributed by atoms with E-state index < -0.39 is 86.8 Å². The number of unbranched alkanes of at least 4 members (excludes halogenated alkanes) is 37. The standard InChI is InChI=1S/C59H115NO13/c1-3-5-7-9-11-13-15-17-18-19-20-21-22-23-24-25-26-27-28-29-31-33-35-37-39-41-43-51(64)60-47(48(63)42-40-38-36-34-32-30-16-14-12-10-8-6-4-2)46-70-58-56(69)54(67)57(50(45-62)72-58)73-59-55(68)53(66)52(65)49(44-61)71-59/h47-50,52-59,61-63,65-69H,3-46H2,1-2H3,(H,60,64). The van der Waals surface area contributed by atoms with Crippen LogP contribution >= 0.6 is 0 Å². The minimum absolute atomic E-state index is 0.200. The smallest absolute Gasteiger partial charge is 0.220 e. The number of amides is 1. The molecule has 0 aromatic carbocycles. The van der Waals surface area contributed by atoms with Gasteiger partial charge < -0.3 is 65.1 Å². The zero-order valence-corrected chi connectivity index (χ0v) is 46.7. The maximum atomic E-state index is 13.3. The van der Waals surface area contributed by atoms with Gasteiger partial charge in [0.05, 0.1) is 32.0 Å². The van der Waals surface area contributed by atoms with Crippen molar-refractivity contribution in [2.75, 3.05) is 19.8 Å². The summed E-state index contributed by atoms with van der Waals surface area (Å²) in [6, 6.07) is -0.822. The van der Waals surface area contributed by atoms with Gasteiger partial charge >= 0.3 is 0 Å². The Kier molecular flexibility index (Phi) is 42.9. The number of hydrogen-bond acceptors (Lipinski definition) is 13. The van der Waals surface area contributed by atoms with E-state index in [0.29, 0.717) is 12.8 Å². The first-order chi connectivity index (χ1) is 35.6. The van der Waals surface area contributed by atoms with Crippen molar-refractivity contribution < 1.29 is 64.6 Å². The molecule has 2 rings (SSSR count). The summed E-state index contributed by atoms with van der Waals surface area (Å²) in [4.78, 5) is 13.3. The topological polar surface area (TPSA) is 228 Å². The van der Waals surface area contributed by atoms with E-state index in [2.05, 4.69) is 19.2 Å². The third kappa shape index (κ3) is 31.9. The van der Waals surface area contributed by atoms with E-state index in [9.17, 15) is 45.6 Å². The molecule has 0 aliphatic carbocycles. The van der Waals surface area contributed by atoms with Crippen molar-refractivity contribution in [2.45, 2.75) is 351 Å². The highest BCUT2D eigenvalue weighted by atomic mass is 16.7. The van der Waals surface area contributed by atoms with Gasteiger partial charge in [0.1, 0.15) is 48.8 Å². The quantitative estimate of drug-likeness (QED) is 0.0259. The molecule has 0 aromatic rings. The number of nitrogens with one attached hydrogen (secondary N) is 1. The third-order valence-corrected chi connectivity index (χ3v) is 15.6. The molecular weight excluding hydrogens is 931 g/mol. The minimum atomic E-state index is -1.78. The Labute approximate surface area is 444 Å². The van der Waals surface area contributed by atoms with E-state index in [1.54, 1.807) is 0 Å². The zero-order chi connectivity index (χ0) is 53.2. The summed E-state index contributed by atoms with van der Waals surface area (Å²) in [5, 5.41) is 87.2. The number of hydrogen-bond donors (Lipinski definition) is 9. The van der Waals surface area contributed by atoms with Crippen molar-refractivity contribution in [3.05, 3.63) is 0 Å². The first-order valence-corrected chi connectivity index (χ1v) is 30.8. The summed E-state index contributed by atoms with van der Waals surface area (Å²) >= 11 is 0. The molecule has 434 valence electrons. The van der Waals surface area contributed by atoms with Crippen LogP contribution in [0.1, 0.15) is 277 Å². The first-order valence-electron chi connectivity index (χ1n) is 30.8. The summed E-state index contributed by atoms with van der Waals surface area (Å²) < 4.78 is 22.8. The van der Waals surface area contributed by atoms with Crippen LogP contribution in [0.5, 0.6) is 0 Å². The van der Waals surface area contributed by atoms with Crippen LogP contribution in [0.4, 0.5) is 0 Å². The highest BCUT2D eigenvalue weighted by molar-refractivity contribution is 5.76. The number of carbonyl (C=O) groups excluding carboxylic acids is 1. The van der Waals surface area contributed by atoms with Crippen molar-refractivity contribution in [1.29, 1.82) is 0 Å². The fourth-order valence-corrected chi connectivity index (χ4v) is 10.6. The van der Waals surface area contributed by atoms with Crippen molar-refractivity contribution >= 4 is 5.91 Å². The predicted molar refractivity (Wildman–Crippen MR) is 291 cm³/mol. The number of carbonyl (C=O) groups is 1. The largest absolute Gasteiger partial charge is 0.394 e. The van der Waals surface area contributed by atoms with Crippen molar-refractivity contribution in [2.24, 2.45) is 0 Å². The number of aliphatic hydroxyl groups excluding tert-OH is 8. The molecule has 14 heteroatoms. The maximum Gasteiger partial charge on any atom is 0.220 e. The second kappa shape index (κ2) is 46.0. The van der Waals surface area contributed by atoms with E-state index in [0.717, 1.165) is 51.4 Å². The minimum Gasteiger partial charge on any atom is -0.394 e. The summed E-state index contributed by atoms with van der Waals surface area (Å²) in [6.07, 6.45) is 34.0. The molecule has 12 unspecified atom stereocenters.